The highest BCUT2D eigenvalue weighted by Gasteiger charge is 2.33. The van der Waals surface area contributed by atoms with Crippen LogP contribution >= 0.6 is 0 Å². The molecule has 2 atom stereocenters. The van der Waals surface area contributed by atoms with Crippen molar-refractivity contribution in [2.24, 2.45) is 11.8 Å². The fourth-order valence-corrected chi connectivity index (χ4v) is 5.17. The topological polar surface area (TPSA) is 113 Å². The minimum atomic E-state index is -0.791. The van der Waals surface area contributed by atoms with Crippen LogP contribution in [0.15, 0.2) is 30.5 Å². The summed E-state index contributed by atoms with van der Waals surface area (Å²) in [6.07, 6.45) is 7.48. The molecule has 174 valence electrons. The average molecular weight is 454 g/mol. The third kappa shape index (κ3) is 4.55. The number of aliphatic carboxylic acids is 1. The highest BCUT2D eigenvalue weighted by Crippen LogP contribution is 2.39. The molecule has 2 aromatic heterocycles. The van der Waals surface area contributed by atoms with Crippen LogP contribution in [0.25, 0.3) is 11.2 Å². The molecular weight excluding hydrogens is 425 g/mol. The molecule has 33 heavy (non-hydrogen) atoms. The summed E-state index contributed by atoms with van der Waals surface area (Å²) in [5.74, 6) is -0.00369. The largest absolute Gasteiger partial charge is 0.481 e. The number of aromatic nitrogens is 4. The predicted molar refractivity (Wildman–Crippen MR) is 121 cm³/mol. The van der Waals surface area contributed by atoms with Gasteiger partial charge in [0.2, 0.25) is 5.95 Å². The van der Waals surface area contributed by atoms with Crippen LogP contribution in [0.5, 0.6) is 0 Å². The summed E-state index contributed by atoms with van der Waals surface area (Å²) < 4.78 is 16.3. The van der Waals surface area contributed by atoms with E-state index in [0.29, 0.717) is 48.0 Å². The lowest BCUT2D eigenvalue weighted by Crippen LogP contribution is -2.20. The van der Waals surface area contributed by atoms with E-state index in [0.717, 1.165) is 37.9 Å². The number of fused-ring (bicyclic) bond motifs is 1. The number of carboxylic acid groups (broad SMARTS) is 1. The normalized spacial score (nSPS) is 25.4. The van der Waals surface area contributed by atoms with Crippen LogP contribution in [0, 0.1) is 17.7 Å². The van der Waals surface area contributed by atoms with Crippen molar-refractivity contribution in [1.29, 1.82) is 0 Å². The summed E-state index contributed by atoms with van der Waals surface area (Å²) >= 11 is 0. The van der Waals surface area contributed by atoms with Crippen molar-refractivity contribution in [1.82, 2.24) is 19.5 Å². The highest BCUT2D eigenvalue weighted by atomic mass is 19.1. The molecule has 0 saturated heterocycles. The van der Waals surface area contributed by atoms with Gasteiger partial charge in [-0.2, -0.15) is 0 Å². The molecule has 0 radical (unpaired) electrons. The molecule has 0 spiro atoms. The van der Waals surface area contributed by atoms with Crippen molar-refractivity contribution < 1.29 is 19.4 Å². The molecule has 3 aromatic rings. The zero-order valence-electron chi connectivity index (χ0n) is 18.3. The quantitative estimate of drug-likeness (QED) is 0.512. The van der Waals surface area contributed by atoms with Gasteiger partial charge in [-0.25, -0.2) is 19.3 Å². The average Bonchev–Trinajstić information content (AvgIpc) is 3.41. The number of rotatable bonds is 6. The number of anilines is 2. The van der Waals surface area contributed by atoms with Crippen molar-refractivity contribution in [3.05, 3.63) is 42.1 Å². The maximum Gasteiger partial charge on any atom is 0.306 e. The molecular formula is C24H28FN5O3. The number of hydrogen-bond acceptors (Lipinski definition) is 6. The summed E-state index contributed by atoms with van der Waals surface area (Å²) in [7, 11) is 0. The first-order valence-corrected chi connectivity index (χ1v) is 11.6. The molecule has 0 amide bonds. The molecule has 5 rings (SSSR count). The molecule has 0 bridgehead atoms. The molecule has 0 unspecified atom stereocenters. The van der Waals surface area contributed by atoms with Crippen LogP contribution in [0.2, 0.25) is 0 Å². The number of nitrogens with zero attached hydrogens (tertiary/aromatic N) is 4. The monoisotopic (exact) mass is 453 g/mol. The van der Waals surface area contributed by atoms with Crippen molar-refractivity contribution in [3.63, 3.8) is 0 Å². The van der Waals surface area contributed by atoms with Crippen LogP contribution in [-0.4, -0.2) is 41.8 Å². The lowest BCUT2D eigenvalue weighted by molar-refractivity contribution is -0.141. The third-order valence-corrected chi connectivity index (χ3v) is 7.01. The van der Waals surface area contributed by atoms with Gasteiger partial charge in [-0.3, -0.25) is 9.36 Å². The Labute approximate surface area is 190 Å². The Kier molecular flexibility index (Phi) is 5.97. The van der Waals surface area contributed by atoms with Crippen LogP contribution < -0.4 is 5.32 Å². The summed E-state index contributed by atoms with van der Waals surface area (Å²) in [5, 5.41) is 22.4. The van der Waals surface area contributed by atoms with Gasteiger partial charge in [-0.1, -0.05) is 12.1 Å². The number of aliphatic hydroxyl groups excluding tert-OH is 1. The first-order valence-electron chi connectivity index (χ1n) is 11.6. The van der Waals surface area contributed by atoms with E-state index in [9.17, 15) is 19.4 Å². The summed E-state index contributed by atoms with van der Waals surface area (Å²) in [4.78, 5) is 25.6. The SMILES string of the molecule is O=C(O)[C@@H]1CC[C@H](n2c(Nc3ccccc3F)nc3cnc(CC4CCC(O)CC4)nc32)C1. The second-order valence-corrected chi connectivity index (χ2v) is 9.29. The van der Waals surface area contributed by atoms with Crippen molar-refractivity contribution in [2.75, 3.05) is 5.32 Å². The number of halogens is 1. The van der Waals surface area contributed by atoms with E-state index in [1.165, 1.54) is 6.07 Å². The maximum atomic E-state index is 14.3. The van der Waals surface area contributed by atoms with Crippen LogP contribution in [0.1, 0.15) is 56.8 Å². The zero-order valence-corrected chi connectivity index (χ0v) is 18.3. The number of para-hydroxylation sites is 1. The van der Waals surface area contributed by atoms with E-state index in [4.69, 9.17) is 4.98 Å². The molecule has 3 N–H and O–H groups in total. The Balaban J connectivity index is 1.50. The van der Waals surface area contributed by atoms with E-state index in [1.54, 1.807) is 24.4 Å². The number of hydrogen-bond donors (Lipinski definition) is 3. The number of benzene rings is 1. The molecule has 2 heterocycles. The minimum Gasteiger partial charge on any atom is -0.481 e. The fraction of sp³-hybridized carbons (Fsp3) is 0.500. The van der Waals surface area contributed by atoms with Crippen molar-refractivity contribution in [3.8, 4) is 0 Å². The molecule has 2 aliphatic rings. The second kappa shape index (κ2) is 9.05. The second-order valence-electron chi connectivity index (χ2n) is 9.29. The van der Waals surface area contributed by atoms with Crippen LogP contribution in [0.4, 0.5) is 16.0 Å². The number of carbonyl (C=O) groups is 1. The van der Waals surface area contributed by atoms with E-state index >= 15 is 0 Å². The van der Waals surface area contributed by atoms with Gasteiger partial charge in [0.05, 0.1) is 23.9 Å². The zero-order chi connectivity index (χ0) is 22.9. The predicted octanol–water partition coefficient (Wildman–Crippen LogP) is 4.23. The lowest BCUT2D eigenvalue weighted by Gasteiger charge is -2.24. The van der Waals surface area contributed by atoms with Crippen LogP contribution in [-0.2, 0) is 11.2 Å². The number of aliphatic hydroxyl groups is 1. The lowest BCUT2D eigenvalue weighted by atomic mass is 9.85. The van der Waals surface area contributed by atoms with Gasteiger partial charge >= 0.3 is 5.97 Å². The summed E-state index contributed by atoms with van der Waals surface area (Å²) in [6.45, 7) is 0. The maximum absolute atomic E-state index is 14.3. The van der Waals surface area contributed by atoms with Crippen molar-refractivity contribution >= 4 is 28.8 Å². The van der Waals surface area contributed by atoms with Gasteiger partial charge in [0.1, 0.15) is 17.2 Å². The van der Waals surface area contributed by atoms with Gasteiger partial charge in [-0.15, -0.1) is 0 Å². The molecule has 8 nitrogen and oxygen atoms in total. The summed E-state index contributed by atoms with van der Waals surface area (Å²) in [5.41, 5.74) is 1.54. The fourth-order valence-electron chi connectivity index (χ4n) is 5.17. The first kappa shape index (κ1) is 21.8. The Morgan fingerprint density at radius 3 is 2.64 bits per heavy atom. The molecule has 2 fully saturated rings. The van der Waals surface area contributed by atoms with E-state index < -0.39 is 17.7 Å². The van der Waals surface area contributed by atoms with E-state index in [1.807, 2.05) is 4.57 Å². The summed E-state index contributed by atoms with van der Waals surface area (Å²) in [6, 6.07) is 6.29. The number of nitrogens with one attached hydrogen (secondary N) is 1. The molecule has 0 aliphatic heterocycles. The Morgan fingerprint density at radius 2 is 1.91 bits per heavy atom. The Bertz CT molecular complexity index is 1160. The van der Waals surface area contributed by atoms with Gasteiger partial charge in [0.25, 0.3) is 0 Å². The van der Waals surface area contributed by atoms with Gasteiger partial charge in [-0.05, 0) is 63.0 Å². The van der Waals surface area contributed by atoms with Gasteiger partial charge in [0, 0.05) is 12.5 Å². The molecule has 2 aliphatic carbocycles. The molecule has 2 saturated carbocycles. The Hall–Kier alpha value is -3.07. The smallest absolute Gasteiger partial charge is 0.306 e. The first-order chi connectivity index (χ1) is 16.0. The molecule has 9 heteroatoms. The van der Waals surface area contributed by atoms with E-state index in [2.05, 4.69) is 15.3 Å². The number of carboxylic acids is 1. The van der Waals surface area contributed by atoms with Gasteiger partial charge in [0.15, 0.2) is 5.65 Å². The third-order valence-electron chi connectivity index (χ3n) is 7.01. The van der Waals surface area contributed by atoms with Gasteiger partial charge < -0.3 is 15.5 Å². The highest BCUT2D eigenvalue weighted by molar-refractivity contribution is 5.76. The minimum absolute atomic E-state index is 0.0991. The van der Waals surface area contributed by atoms with Crippen LogP contribution in [0.3, 0.4) is 0 Å². The number of imidazole rings is 1. The standard InChI is InChI=1S/C24H28FN5O3/c25-18-3-1-2-4-19(18)27-24-28-20-13-26-21(11-14-5-9-17(31)10-6-14)29-22(20)30(24)16-8-7-15(12-16)23(32)33/h1-4,13-17,31H,5-12H2,(H,27,28)(H,32,33)/t14?,15-,16+,17?/m1/s1. The molecule has 1 aromatic carbocycles. The van der Waals surface area contributed by atoms with E-state index in [-0.39, 0.29) is 12.1 Å². The Morgan fingerprint density at radius 1 is 1.12 bits per heavy atom. The van der Waals surface area contributed by atoms with Crippen molar-refractivity contribution in [2.45, 2.75) is 63.5 Å².